The quantitative estimate of drug-likeness (QED) is 0.613. The number of para-hydroxylation sites is 1. The first-order chi connectivity index (χ1) is 18.0. The maximum absolute atomic E-state index is 13.9. The van der Waals surface area contributed by atoms with E-state index in [1.165, 1.54) is 19.3 Å². The first-order valence-corrected chi connectivity index (χ1v) is 13.8. The number of rotatable bonds is 6. The van der Waals surface area contributed by atoms with Crippen molar-refractivity contribution in [1.82, 2.24) is 15.1 Å². The second-order valence-electron chi connectivity index (χ2n) is 10.6. The van der Waals surface area contributed by atoms with Crippen LogP contribution in [0, 0.1) is 5.92 Å². The van der Waals surface area contributed by atoms with Crippen molar-refractivity contribution in [3.63, 3.8) is 0 Å². The number of hydrogen-bond acceptors (Lipinski definition) is 4. The van der Waals surface area contributed by atoms with Crippen molar-refractivity contribution in [2.24, 2.45) is 5.92 Å². The van der Waals surface area contributed by atoms with Crippen molar-refractivity contribution in [1.29, 1.82) is 0 Å². The summed E-state index contributed by atoms with van der Waals surface area (Å²) in [6, 6.07) is 16.9. The molecule has 0 radical (unpaired) electrons. The van der Waals surface area contributed by atoms with E-state index < -0.39 is 5.54 Å². The van der Waals surface area contributed by atoms with Crippen LogP contribution in [0.15, 0.2) is 54.6 Å². The minimum Gasteiger partial charge on any atom is -0.354 e. The molecule has 1 aliphatic carbocycles. The van der Waals surface area contributed by atoms with E-state index in [0.29, 0.717) is 55.6 Å². The molecule has 1 saturated carbocycles. The van der Waals surface area contributed by atoms with Gasteiger partial charge in [0.05, 0.1) is 6.67 Å². The molecule has 3 aliphatic rings. The number of piperidine rings is 1. The van der Waals surface area contributed by atoms with Crippen molar-refractivity contribution in [2.45, 2.75) is 50.5 Å². The molecule has 0 atom stereocenters. The third-order valence-corrected chi connectivity index (χ3v) is 8.41. The highest BCUT2D eigenvalue weighted by Crippen LogP contribution is 2.39. The number of amides is 3. The molecule has 37 heavy (non-hydrogen) atoms. The van der Waals surface area contributed by atoms with Crippen LogP contribution in [0.4, 0.5) is 5.69 Å². The highest BCUT2D eigenvalue weighted by atomic mass is 35.5. The standard InChI is InChI=1S/C29H35ClN4O3/c30-24-11-7-10-23(18-24)27(36)32-16-14-29(15-17-32)28(37)33(21-34(29)25-12-5-2-6-13-25)20-26(35)31-19-22-8-3-1-4-9-22/h2,5-7,10-13,18,22H,1,3-4,8-9,14-17,19-21H2,(H,31,35). The van der Waals surface area contributed by atoms with Crippen molar-refractivity contribution < 1.29 is 14.4 Å². The summed E-state index contributed by atoms with van der Waals surface area (Å²) in [6.07, 6.45) is 7.09. The third-order valence-electron chi connectivity index (χ3n) is 8.18. The Hall–Kier alpha value is -3.06. The lowest BCUT2D eigenvalue weighted by atomic mass is 9.85. The predicted octanol–water partition coefficient (Wildman–Crippen LogP) is 4.32. The Morgan fingerprint density at radius 1 is 0.973 bits per heavy atom. The van der Waals surface area contributed by atoms with E-state index in [1.54, 1.807) is 34.1 Å². The monoisotopic (exact) mass is 522 g/mol. The zero-order valence-electron chi connectivity index (χ0n) is 21.2. The lowest BCUT2D eigenvalue weighted by Gasteiger charge is -2.43. The van der Waals surface area contributed by atoms with Crippen molar-refractivity contribution >= 4 is 35.0 Å². The van der Waals surface area contributed by atoms with Crippen LogP contribution in [-0.4, -0.2) is 65.9 Å². The average molecular weight is 523 g/mol. The summed E-state index contributed by atoms with van der Waals surface area (Å²) in [5.41, 5.74) is 0.740. The van der Waals surface area contributed by atoms with Gasteiger partial charge in [0, 0.05) is 35.9 Å². The van der Waals surface area contributed by atoms with E-state index >= 15 is 0 Å². The average Bonchev–Trinajstić information content (AvgIpc) is 3.19. The lowest BCUT2D eigenvalue weighted by molar-refractivity contribution is -0.137. The minimum atomic E-state index is -0.768. The van der Waals surface area contributed by atoms with Crippen molar-refractivity contribution in [3.05, 3.63) is 65.2 Å². The highest BCUT2D eigenvalue weighted by molar-refractivity contribution is 6.31. The van der Waals surface area contributed by atoms with Gasteiger partial charge in [-0.15, -0.1) is 0 Å². The molecule has 0 bridgehead atoms. The summed E-state index contributed by atoms with van der Waals surface area (Å²) in [5, 5.41) is 3.60. The number of carbonyl (C=O) groups is 3. The molecule has 2 saturated heterocycles. The van der Waals surface area contributed by atoms with E-state index in [9.17, 15) is 14.4 Å². The smallest absolute Gasteiger partial charge is 0.253 e. The Kier molecular flexibility index (Phi) is 7.70. The van der Waals surface area contributed by atoms with Crippen LogP contribution < -0.4 is 10.2 Å². The van der Waals surface area contributed by atoms with Gasteiger partial charge >= 0.3 is 0 Å². The van der Waals surface area contributed by atoms with Crippen LogP contribution in [0.1, 0.15) is 55.3 Å². The highest BCUT2D eigenvalue weighted by Gasteiger charge is 2.54. The van der Waals surface area contributed by atoms with Gasteiger partial charge in [-0.3, -0.25) is 14.4 Å². The normalized spacial score (nSPS) is 19.9. The number of nitrogens with one attached hydrogen (secondary N) is 1. The number of nitrogens with zero attached hydrogens (tertiary/aromatic N) is 3. The first kappa shape index (κ1) is 25.6. The van der Waals surface area contributed by atoms with E-state index in [4.69, 9.17) is 11.6 Å². The summed E-state index contributed by atoms with van der Waals surface area (Å²) in [4.78, 5) is 45.4. The molecule has 3 fully saturated rings. The van der Waals surface area contributed by atoms with Gasteiger partial charge in [0.25, 0.3) is 11.8 Å². The fourth-order valence-electron chi connectivity index (χ4n) is 6.08. The molecule has 7 nitrogen and oxygen atoms in total. The molecule has 8 heteroatoms. The minimum absolute atomic E-state index is 0.0287. The van der Waals surface area contributed by atoms with Crippen LogP contribution >= 0.6 is 11.6 Å². The zero-order chi connectivity index (χ0) is 25.8. The molecule has 0 unspecified atom stereocenters. The maximum Gasteiger partial charge on any atom is 0.253 e. The number of carbonyl (C=O) groups excluding carboxylic acids is 3. The molecule has 2 aromatic rings. The van der Waals surface area contributed by atoms with Crippen LogP contribution in [-0.2, 0) is 9.59 Å². The Labute approximate surface area is 223 Å². The van der Waals surface area contributed by atoms with E-state index in [0.717, 1.165) is 18.5 Å². The van der Waals surface area contributed by atoms with Gasteiger partial charge < -0.3 is 20.0 Å². The van der Waals surface area contributed by atoms with Gasteiger partial charge in [0.2, 0.25) is 5.91 Å². The molecule has 2 aliphatic heterocycles. The second kappa shape index (κ2) is 11.1. The lowest BCUT2D eigenvalue weighted by Crippen LogP contribution is -2.57. The summed E-state index contributed by atoms with van der Waals surface area (Å²) in [7, 11) is 0. The van der Waals surface area contributed by atoms with Gasteiger partial charge in [0.1, 0.15) is 12.1 Å². The van der Waals surface area contributed by atoms with Crippen LogP contribution in [0.25, 0.3) is 0 Å². The third kappa shape index (κ3) is 5.47. The van der Waals surface area contributed by atoms with Gasteiger partial charge in [-0.1, -0.05) is 55.1 Å². The van der Waals surface area contributed by atoms with Crippen molar-refractivity contribution in [3.8, 4) is 0 Å². The molecule has 196 valence electrons. The number of halogens is 1. The molecule has 0 aromatic heterocycles. The molecular weight excluding hydrogens is 488 g/mol. The molecule has 3 amide bonds. The SMILES string of the molecule is O=C(CN1CN(c2ccccc2)C2(CCN(C(=O)c3cccc(Cl)c3)CC2)C1=O)NCC1CCCCC1. The van der Waals surface area contributed by atoms with E-state index in [-0.39, 0.29) is 24.3 Å². The van der Waals surface area contributed by atoms with Crippen LogP contribution in [0.2, 0.25) is 5.02 Å². The molecular formula is C29H35ClN4O3. The second-order valence-corrected chi connectivity index (χ2v) is 11.0. The van der Waals surface area contributed by atoms with Gasteiger partial charge in [0.15, 0.2) is 0 Å². The van der Waals surface area contributed by atoms with Crippen LogP contribution in [0.3, 0.4) is 0 Å². The predicted molar refractivity (Wildman–Crippen MR) is 144 cm³/mol. The van der Waals surface area contributed by atoms with Crippen LogP contribution in [0.5, 0.6) is 0 Å². The number of anilines is 1. The molecule has 2 heterocycles. The fraction of sp³-hybridized carbons (Fsp3) is 0.483. The summed E-state index contributed by atoms with van der Waals surface area (Å²) in [6.45, 7) is 2.03. The summed E-state index contributed by atoms with van der Waals surface area (Å²) >= 11 is 6.10. The maximum atomic E-state index is 13.9. The first-order valence-electron chi connectivity index (χ1n) is 13.4. The summed E-state index contributed by atoms with van der Waals surface area (Å²) < 4.78 is 0. The largest absolute Gasteiger partial charge is 0.354 e. The zero-order valence-corrected chi connectivity index (χ0v) is 22.0. The molecule has 2 aromatic carbocycles. The van der Waals surface area contributed by atoms with Gasteiger partial charge in [-0.25, -0.2) is 0 Å². The number of likely N-dealkylation sites (tertiary alicyclic amines) is 1. The van der Waals surface area contributed by atoms with Crippen molar-refractivity contribution in [2.75, 3.05) is 37.7 Å². The Morgan fingerprint density at radius 2 is 1.70 bits per heavy atom. The fourth-order valence-corrected chi connectivity index (χ4v) is 6.28. The van der Waals surface area contributed by atoms with E-state index in [2.05, 4.69) is 10.2 Å². The summed E-state index contributed by atoms with van der Waals surface area (Å²) in [5.74, 6) is 0.338. The Bertz CT molecular complexity index is 1130. The molecule has 1 spiro atoms. The van der Waals surface area contributed by atoms with Gasteiger partial charge in [-0.2, -0.15) is 0 Å². The molecule has 5 rings (SSSR count). The van der Waals surface area contributed by atoms with Gasteiger partial charge in [-0.05, 0) is 61.9 Å². The van der Waals surface area contributed by atoms with E-state index in [1.807, 2.05) is 30.3 Å². The Balaban J connectivity index is 1.28. The Morgan fingerprint density at radius 3 is 2.41 bits per heavy atom. The topological polar surface area (TPSA) is 73.0 Å². The number of benzene rings is 2. The molecule has 1 N–H and O–H groups in total. The number of hydrogen-bond donors (Lipinski definition) is 1.